The van der Waals surface area contributed by atoms with Gasteiger partial charge in [0.2, 0.25) is 0 Å². The molecule has 0 aliphatic rings. The zero-order valence-electron chi connectivity index (χ0n) is 10.4. The van der Waals surface area contributed by atoms with E-state index < -0.39 is 6.10 Å². The van der Waals surface area contributed by atoms with Gasteiger partial charge in [0.1, 0.15) is 11.9 Å². The third-order valence-electron chi connectivity index (χ3n) is 2.71. The van der Waals surface area contributed by atoms with Crippen molar-refractivity contribution in [2.24, 2.45) is 0 Å². The minimum Gasteiger partial charge on any atom is -0.493 e. The van der Waals surface area contributed by atoms with Crippen LogP contribution in [0.2, 0.25) is 5.02 Å². The summed E-state index contributed by atoms with van der Waals surface area (Å²) in [4.78, 5) is 0. The van der Waals surface area contributed by atoms with E-state index in [4.69, 9.17) is 16.3 Å². The summed E-state index contributed by atoms with van der Waals surface area (Å²) in [5.41, 5.74) is 1.46. The summed E-state index contributed by atoms with van der Waals surface area (Å²) in [7, 11) is 0. The average Bonchev–Trinajstić information content (AvgIpc) is 2.38. The number of rotatable bonds is 4. The molecule has 0 heterocycles. The highest BCUT2D eigenvalue weighted by Crippen LogP contribution is 2.32. The molecule has 0 spiro atoms. The summed E-state index contributed by atoms with van der Waals surface area (Å²) < 4.78 is 6.37. The Hall–Kier alpha value is -1.03. The molecule has 2 nitrogen and oxygen atoms in total. The van der Waals surface area contributed by atoms with Gasteiger partial charge in [0, 0.05) is 15.1 Å². The SMILES string of the molecule is CCOc1ccccc1C(O)c1cc(Cl)cc(Br)c1. The molecule has 1 N–H and O–H groups in total. The van der Waals surface area contributed by atoms with Gasteiger partial charge in [-0.05, 0) is 36.8 Å². The van der Waals surface area contributed by atoms with Gasteiger partial charge < -0.3 is 9.84 Å². The van der Waals surface area contributed by atoms with E-state index in [1.54, 1.807) is 12.1 Å². The Bertz CT molecular complexity index is 552. The van der Waals surface area contributed by atoms with E-state index in [9.17, 15) is 5.11 Å². The molecule has 19 heavy (non-hydrogen) atoms. The Morgan fingerprint density at radius 3 is 2.68 bits per heavy atom. The van der Waals surface area contributed by atoms with Crippen molar-refractivity contribution in [3.8, 4) is 5.75 Å². The highest BCUT2D eigenvalue weighted by atomic mass is 79.9. The Labute approximate surface area is 126 Å². The van der Waals surface area contributed by atoms with Gasteiger partial charge in [-0.2, -0.15) is 0 Å². The number of aliphatic hydroxyl groups is 1. The molecule has 2 aromatic rings. The number of para-hydroxylation sites is 1. The third-order valence-corrected chi connectivity index (χ3v) is 3.39. The quantitative estimate of drug-likeness (QED) is 0.882. The van der Waals surface area contributed by atoms with Crippen molar-refractivity contribution >= 4 is 27.5 Å². The molecule has 1 atom stereocenters. The second-order valence-corrected chi connectivity index (χ2v) is 5.43. The molecule has 4 heteroatoms. The summed E-state index contributed by atoms with van der Waals surface area (Å²) in [5, 5.41) is 11.1. The maximum Gasteiger partial charge on any atom is 0.125 e. The molecule has 0 amide bonds. The molecule has 0 saturated heterocycles. The zero-order valence-corrected chi connectivity index (χ0v) is 12.8. The summed E-state index contributed by atoms with van der Waals surface area (Å²) in [6, 6.07) is 12.8. The molecule has 0 bridgehead atoms. The van der Waals surface area contributed by atoms with Crippen molar-refractivity contribution in [1.82, 2.24) is 0 Å². The van der Waals surface area contributed by atoms with Gasteiger partial charge in [0.05, 0.1) is 6.61 Å². The molecule has 0 saturated carbocycles. The fraction of sp³-hybridized carbons (Fsp3) is 0.200. The van der Waals surface area contributed by atoms with Crippen LogP contribution in [0.15, 0.2) is 46.9 Å². The summed E-state index contributed by atoms with van der Waals surface area (Å²) in [6.45, 7) is 2.47. The zero-order chi connectivity index (χ0) is 13.8. The fourth-order valence-corrected chi connectivity index (χ4v) is 2.79. The number of ether oxygens (including phenoxy) is 1. The number of hydrogen-bond acceptors (Lipinski definition) is 2. The van der Waals surface area contributed by atoms with Crippen LogP contribution in [0, 0.1) is 0 Å². The van der Waals surface area contributed by atoms with Crippen LogP contribution in [0.4, 0.5) is 0 Å². The van der Waals surface area contributed by atoms with Crippen LogP contribution < -0.4 is 4.74 Å². The lowest BCUT2D eigenvalue weighted by Crippen LogP contribution is -2.04. The maximum absolute atomic E-state index is 10.5. The van der Waals surface area contributed by atoms with Crippen LogP contribution in [0.1, 0.15) is 24.2 Å². The van der Waals surface area contributed by atoms with E-state index >= 15 is 0 Å². The Morgan fingerprint density at radius 2 is 2.00 bits per heavy atom. The smallest absolute Gasteiger partial charge is 0.125 e. The minimum atomic E-state index is -0.766. The van der Waals surface area contributed by atoms with Crippen molar-refractivity contribution in [1.29, 1.82) is 0 Å². The van der Waals surface area contributed by atoms with E-state index in [0.29, 0.717) is 17.4 Å². The second-order valence-electron chi connectivity index (χ2n) is 4.08. The molecule has 0 aliphatic heterocycles. The molecule has 1 unspecified atom stereocenters. The van der Waals surface area contributed by atoms with Crippen molar-refractivity contribution in [2.75, 3.05) is 6.61 Å². The van der Waals surface area contributed by atoms with E-state index in [1.165, 1.54) is 0 Å². The highest BCUT2D eigenvalue weighted by molar-refractivity contribution is 9.10. The van der Waals surface area contributed by atoms with Crippen LogP contribution in [0.3, 0.4) is 0 Å². The molecule has 0 aromatic heterocycles. The van der Waals surface area contributed by atoms with Crippen LogP contribution in [0.5, 0.6) is 5.75 Å². The van der Waals surface area contributed by atoms with Crippen LogP contribution >= 0.6 is 27.5 Å². The van der Waals surface area contributed by atoms with Crippen molar-refractivity contribution < 1.29 is 9.84 Å². The van der Waals surface area contributed by atoms with Crippen molar-refractivity contribution in [2.45, 2.75) is 13.0 Å². The van der Waals surface area contributed by atoms with E-state index in [0.717, 1.165) is 15.6 Å². The monoisotopic (exact) mass is 340 g/mol. The lowest BCUT2D eigenvalue weighted by molar-refractivity contribution is 0.212. The van der Waals surface area contributed by atoms with Gasteiger partial charge in [-0.25, -0.2) is 0 Å². The molecule has 0 radical (unpaired) electrons. The summed E-state index contributed by atoms with van der Waals surface area (Å²) in [6.07, 6.45) is -0.766. The minimum absolute atomic E-state index is 0.559. The van der Waals surface area contributed by atoms with Crippen LogP contribution in [-0.4, -0.2) is 11.7 Å². The standard InChI is InChI=1S/C15H14BrClO2/c1-2-19-14-6-4-3-5-13(14)15(18)10-7-11(16)9-12(17)8-10/h3-9,15,18H,2H2,1H3. The Kier molecular flexibility index (Phi) is 4.86. The van der Waals surface area contributed by atoms with E-state index in [1.807, 2.05) is 37.3 Å². The van der Waals surface area contributed by atoms with E-state index in [-0.39, 0.29) is 0 Å². The first kappa shape index (κ1) is 14.4. The average molecular weight is 342 g/mol. The van der Waals surface area contributed by atoms with Gasteiger partial charge in [0.15, 0.2) is 0 Å². The number of benzene rings is 2. The third kappa shape index (κ3) is 3.50. The van der Waals surface area contributed by atoms with Crippen molar-refractivity contribution in [3.63, 3.8) is 0 Å². The van der Waals surface area contributed by atoms with Crippen LogP contribution in [0.25, 0.3) is 0 Å². The Balaban J connectivity index is 2.40. The van der Waals surface area contributed by atoms with Crippen molar-refractivity contribution in [3.05, 3.63) is 63.1 Å². The van der Waals surface area contributed by atoms with Gasteiger partial charge >= 0.3 is 0 Å². The maximum atomic E-state index is 10.5. The molecular formula is C15H14BrClO2. The van der Waals surface area contributed by atoms with Gasteiger partial charge in [-0.3, -0.25) is 0 Å². The summed E-state index contributed by atoms with van der Waals surface area (Å²) in [5.74, 6) is 0.689. The topological polar surface area (TPSA) is 29.5 Å². The predicted molar refractivity (Wildman–Crippen MR) is 80.8 cm³/mol. The molecule has 0 aliphatic carbocycles. The number of halogens is 2. The number of hydrogen-bond donors (Lipinski definition) is 1. The lowest BCUT2D eigenvalue weighted by atomic mass is 10.0. The lowest BCUT2D eigenvalue weighted by Gasteiger charge is -2.16. The predicted octanol–water partition coefficient (Wildman–Crippen LogP) is 4.58. The highest BCUT2D eigenvalue weighted by Gasteiger charge is 2.16. The largest absolute Gasteiger partial charge is 0.493 e. The first-order chi connectivity index (χ1) is 9.11. The van der Waals surface area contributed by atoms with Gasteiger partial charge in [-0.1, -0.05) is 45.7 Å². The molecule has 2 aromatic carbocycles. The molecule has 0 fully saturated rings. The first-order valence-corrected chi connectivity index (χ1v) is 7.14. The number of aliphatic hydroxyl groups excluding tert-OH is 1. The fourth-order valence-electron chi connectivity index (χ4n) is 1.91. The van der Waals surface area contributed by atoms with Gasteiger partial charge in [0.25, 0.3) is 0 Å². The first-order valence-electron chi connectivity index (χ1n) is 5.97. The second kappa shape index (κ2) is 6.42. The molecule has 100 valence electrons. The molecular weight excluding hydrogens is 328 g/mol. The summed E-state index contributed by atoms with van der Waals surface area (Å²) >= 11 is 9.39. The van der Waals surface area contributed by atoms with Gasteiger partial charge in [-0.15, -0.1) is 0 Å². The normalized spacial score (nSPS) is 12.2. The van der Waals surface area contributed by atoms with Crippen LogP contribution in [-0.2, 0) is 0 Å². The Morgan fingerprint density at radius 1 is 1.26 bits per heavy atom. The molecule has 2 rings (SSSR count). The van der Waals surface area contributed by atoms with E-state index in [2.05, 4.69) is 15.9 Å².